The Morgan fingerprint density at radius 3 is 2.22 bits per heavy atom. The minimum atomic E-state index is 0.630. The van der Waals surface area contributed by atoms with Gasteiger partial charge in [0.2, 0.25) is 0 Å². The molecular formula is C9H8. The lowest BCUT2D eigenvalue weighted by atomic mass is 10.4. The van der Waals surface area contributed by atoms with Gasteiger partial charge in [0.05, 0.1) is 6.42 Å². The lowest BCUT2D eigenvalue weighted by Crippen LogP contribution is -1.56. The van der Waals surface area contributed by atoms with Crippen LogP contribution >= 0.6 is 0 Å². The predicted molar refractivity (Wildman–Crippen MR) is 39.3 cm³/mol. The molecule has 0 fully saturated rings. The highest BCUT2D eigenvalue weighted by atomic mass is 13.6. The first kappa shape index (κ1) is 7.68. The molecular weight excluding hydrogens is 108 g/mol. The average Bonchev–Trinajstić information content (AvgIpc) is 1.89. The lowest BCUT2D eigenvalue weighted by Gasteiger charge is -1.64. The lowest BCUT2D eigenvalue weighted by molar-refractivity contribution is 1.56. The zero-order valence-electron chi connectivity index (χ0n) is 5.71. The van der Waals surface area contributed by atoms with Crippen molar-refractivity contribution in [2.75, 3.05) is 0 Å². The first-order valence-electron chi connectivity index (χ1n) is 2.71. The molecule has 44 valence electrons. The molecule has 0 heteroatoms. The maximum atomic E-state index is 2.82. The third-order valence-corrected chi connectivity index (χ3v) is 0.629. The molecule has 0 saturated carbocycles. The van der Waals surface area contributed by atoms with Gasteiger partial charge in [0.1, 0.15) is 0 Å². The highest BCUT2D eigenvalue weighted by Crippen LogP contribution is 1.67. The number of rotatable bonds is 0. The molecule has 0 bridgehead atoms. The van der Waals surface area contributed by atoms with Crippen LogP contribution in [0.25, 0.3) is 0 Å². The fourth-order valence-electron chi connectivity index (χ4n) is 0.283. The molecule has 0 radical (unpaired) electrons. The van der Waals surface area contributed by atoms with E-state index >= 15 is 0 Å². The Morgan fingerprint density at radius 2 is 1.67 bits per heavy atom. The van der Waals surface area contributed by atoms with Crippen molar-refractivity contribution in [2.24, 2.45) is 0 Å². The smallest absolute Gasteiger partial charge is 0.0712 e. The van der Waals surface area contributed by atoms with Crippen molar-refractivity contribution in [3.05, 3.63) is 0 Å². The fraction of sp³-hybridized carbons (Fsp3) is 0.333. The van der Waals surface area contributed by atoms with E-state index in [0.717, 1.165) is 0 Å². The van der Waals surface area contributed by atoms with Gasteiger partial charge in [-0.2, -0.15) is 0 Å². The topological polar surface area (TPSA) is 0 Å². The summed E-state index contributed by atoms with van der Waals surface area (Å²) in [7, 11) is 0. The highest BCUT2D eigenvalue weighted by Gasteiger charge is 1.60. The van der Waals surface area contributed by atoms with Gasteiger partial charge in [0, 0.05) is 0 Å². The molecule has 0 aromatic rings. The van der Waals surface area contributed by atoms with Gasteiger partial charge in [0.25, 0.3) is 0 Å². The SMILES string of the molecule is CC#CC#CCC#CC. The molecule has 0 heterocycles. The first-order chi connectivity index (χ1) is 4.41. The van der Waals surface area contributed by atoms with Crippen molar-refractivity contribution in [1.29, 1.82) is 0 Å². The van der Waals surface area contributed by atoms with Gasteiger partial charge < -0.3 is 0 Å². The summed E-state index contributed by atoms with van der Waals surface area (Å²) in [5, 5.41) is 0. The van der Waals surface area contributed by atoms with Gasteiger partial charge in [-0.1, -0.05) is 17.8 Å². The first-order valence-corrected chi connectivity index (χ1v) is 2.71. The Labute approximate surface area is 56.7 Å². The largest absolute Gasteiger partial charge is 0.106 e. The fourth-order valence-corrected chi connectivity index (χ4v) is 0.283. The zero-order chi connectivity index (χ0) is 6.95. The van der Waals surface area contributed by atoms with E-state index in [0.29, 0.717) is 6.42 Å². The summed E-state index contributed by atoms with van der Waals surface area (Å²) in [6, 6.07) is 0. The second-order valence-corrected chi connectivity index (χ2v) is 1.28. The van der Waals surface area contributed by atoms with E-state index in [1.807, 2.05) is 0 Å². The quantitative estimate of drug-likeness (QED) is 0.420. The van der Waals surface area contributed by atoms with Crippen LogP contribution in [0.2, 0.25) is 0 Å². The molecule has 0 aromatic carbocycles. The molecule has 0 atom stereocenters. The molecule has 9 heavy (non-hydrogen) atoms. The molecule has 0 saturated heterocycles. The van der Waals surface area contributed by atoms with Gasteiger partial charge in [0.15, 0.2) is 0 Å². The van der Waals surface area contributed by atoms with Crippen LogP contribution in [-0.2, 0) is 0 Å². The van der Waals surface area contributed by atoms with E-state index in [9.17, 15) is 0 Å². The summed E-state index contributed by atoms with van der Waals surface area (Å²) in [4.78, 5) is 0. The molecule has 0 unspecified atom stereocenters. The monoisotopic (exact) mass is 116 g/mol. The normalized spacial score (nSPS) is 4.67. The molecule has 0 rings (SSSR count). The van der Waals surface area contributed by atoms with Gasteiger partial charge in [-0.15, -0.1) is 5.92 Å². The number of hydrogen-bond donors (Lipinski definition) is 0. The molecule has 0 N–H and O–H groups in total. The predicted octanol–water partition coefficient (Wildman–Crippen LogP) is 1.43. The molecule has 0 aliphatic heterocycles. The summed E-state index contributed by atoms with van der Waals surface area (Å²) >= 11 is 0. The van der Waals surface area contributed by atoms with Crippen LogP contribution in [0.4, 0.5) is 0 Å². The van der Waals surface area contributed by atoms with Gasteiger partial charge in [-0.05, 0) is 25.7 Å². The van der Waals surface area contributed by atoms with Crippen LogP contribution in [0.5, 0.6) is 0 Å². The van der Waals surface area contributed by atoms with Crippen LogP contribution in [0, 0.1) is 35.5 Å². The van der Waals surface area contributed by atoms with Gasteiger partial charge >= 0.3 is 0 Å². The van der Waals surface area contributed by atoms with E-state index in [1.54, 1.807) is 13.8 Å². The Balaban J connectivity index is 3.55. The molecule has 0 aromatic heterocycles. The van der Waals surface area contributed by atoms with E-state index in [1.165, 1.54) is 0 Å². The minimum Gasteiger partial charge on any atom is -0.106 e. The molecule has 0 nitrogen and oxygen atoms in total. The van der Waals surface area contributed by atoms with Crippen LogP contribution < -0.4 is 0 Å². The van der Waals surface area contributed by atoms with Crippen molar-refractivity contribution in [2.45, 2.75) is 20.3 Å². The van der Waals surface area contributed by atoms with E-state index < -0.39 is 0 Å². The second kappa shape index (κ2) is 6.68. The van der Waals surface area contributed by atoms with Crippen molar-refractivity contribution >= 4 is 0 Å². The van der Waals surface area contributed by atoms with E-state index in [-0.39, 0.29) is 0 Å². The Kier molecular flexibility index (Phi) is 5.70. The van der Waals surface area contributed by atoms with E-state index in [2.05, 4.69) is 35.5 Å². The molecule has 0 spiro atoms. The van der Waals surface area contributed by atoms with Crippen molar-refractivity contribution < 1.29 is 0 Å². The van der Waals surface area contributed by atoms with Crippen LogP contribution in [0.3, 0.4) is 0 Å². The standard InChI is InChI=1S/C9H8/c1-3-5-7-9-8-6-4-2/h7H2,1-2H3. The molecule has 0 amide bonds. The van der Waals surface area contributed by atoms with Gasteiger partial charge in [-0.3, -0.25) is 0 Å². The Morgan fingerprint density at radius 1 is 0.889 bits per heavy atom. The van der Waals surface area contributed by atoms with Crippen molar-refractivity contribution in [3.8, 4) is 35.5 Å². The average molecular weight is 116 g/mol. The minimum absolute atomic E-state index is 0.630. The van der Waals surface area contributed by atoms with Crippen molar-refractivity contribution in [3.63, 3.8) is 0 Å². The molecule has 0 aliphatic rings. The van der Waals surface area contributed by atoms with Gasteiger partial charge in [-0.25, -0.2) is 0 Å². The summed E-state index contributed by atoms with van der Waals surface area (Å²) in [6.07, 6.45) is 0.630. The Bertz CT molecular complexity index is 226. The zero-order valence-corrected chi connectivity index (χ0v) is 5.71. The van der Waals surface area contributed by atoms with Crippen LogP contribution in [0.15, 0.2) is 0 Å². The maximum absolute atomic E-state index is 2.82. The third-order valence-electron chi connectivity index (χ3n) is 0.629. The highest BCUT2D eigenvalue weighted by molar-refractivity contribution is 5.26. The summed E-state index contributed by atoms with van der Waals surface area (Å²) in [6.45, 7) is 3.56. The second-order valence-electron chi connectivity index (χ2n) is 1.28. The van der Waals surface area contributed by atoms with Crippen molar-refractivity contribution in [1.82, 2.24) is 0 Å². The summed E-state index contributed by atoms with van der Waals surface area (Å²) < 4.78 is 0. The Hall–Kier alpha value is -1.32. The van der Waals surface area contributed by atoms with Crippen LogP contribution in [-0.4, -0.2) is 0 Å². The van der Waals surface area contributed by atoms with Crippen LogP contribution in [0.1, 0.15) is 20.3 Å². The summed E-state index contributed by atoms with van der Waals surface area (Å²) in [5.41, 5.74) is 0. The molecule has 0 aliphatic carbocycles. The maximum Gasteiger partial charge on any atom is 0.0712 e. The number of hydrogen-bond acceptors (Lipinski definition) is 0. The summed E-state index contributed by atoms with van der Waals surface area (Å²) in [5.74, 6) is 16.3. The van der Waals surface area contributed by atoms with E-state index in [4.69, 9.17) is 0 Å². The third kappa shape index (κ3) is 6.68.